The third-order valence-corrected chi connectivity index (χ3v) is 7.53. The monoisotopic (exact) mass is 292 g/mol. The summed E-state index contributed by atoms with van der Waals surface area (Å²) in [7, 11) is 0. The minimum absolute atomic E-state index is 0.403. The van der Waals surface area contributed by atoms with Crippen molar-refractivity contribution < 1.29 is 0 Å². The number of nitrogens with zero attached hydrogens (tertiary/aromatic N) is 1. The topological polar surface area (TPSA) is 29.3 Å². The minimum Gasteiger partial charge on any atom is -0.327 e. The van der Waals surface area contributed by atoms with Crippen molar-refractivity contribution in [1.82, 2.24) is 4.90 Å². The van der Waals surface area contributed by atoms with Gasteiger partial charge in [0.05, 0.1) is 0 Å². The maximum atomic E-state index is 6.34. The molecule has 2 N–H and O–H groups in total. The molecule has 3 fully saturated rings. The molecule has 0 bridgehead atoms. The van der Waals surface area contributed by atoms with Crippen molar-refractivity contribution in [2.24, 2.45) is 28.9 Å². The number of hydrogen-bond acceptors (Lipinski definition) is 2. The van der Waals surface area contributed by atoms with Crippen LogP contribution in [0.1, 0.15) is 72.1 Å². The predicted molar refractivity (Wildman–Crippen MR) is 90.2 cm³/mol. The van der Waals surface area contributed by atoms with E-state index in [0.717, 1.165) is 17.9 Å². The molecule has 4 atom stereocenters. The number of likely N-dealkylation sites (tertiary alicyclic amines) is 1. The van der Waals surface area contributed by atoms with Crippen molar-refractivity contribution in [2.75, 3.05) is 13.1 Å². The molecule has 0 spiro atoms. The quantitative estimate of drug-likeness (QED) is 0.850. The first-order valence-electron chi connectivity index (χ1n) is 9.49. The SMILES string of the molecule is CC1C(N)CCC(CN2CCCC2C2CCCC2)C1(C)C. The van der Waals surface area contributed by atoms with E-state index >= 15 is 0 Å². The zero-order chi connectivity index (χ0) is 15.0. The molecule has 122 valence electrons. The Hall–Kier alpha value is -0.0800. The fourth-order valence-corrected chi connectivity index (χ4v) is 5.50. The Labute approximate surface area is 131 Å². The zero-order valence-corrected chi connectivity index (χ0v) is 14.5. The van der Waals surface area contributed by atoms with Gasteiger partial charge in [-0.1, -0.05) is 33.6 Å². The molecule has 2 heteroatoms. The number of rotatable bonds is 3. The van der Waals surface area contributed by atoms with Crippen LogP contribution in [0.5, 0.6) is 0 Å². The lowest BCUT2D eigenvalue weighted by Gasteiger charge is -2.49. The molecule has 21 heavy (non-hydrogen) atoms. The highest BCUT2D eigenvalue weighted by molar-refractivity contribution is 4.96. The molecular formula is C19H36N2. The molecule has 2 aliphatic carbocycles. The fourth-order valence-electron chi connectivity index (χ4n) is 5.50. The van der Waals surface area contributed by atoms with Crippen LogP contribution < -0.4 is 5.73 Å². The molecule has 1 heterocycles. The average Bonchev–Trinajstić information content (AvgIpc) is 3.10. The first-order chi connectivity index (χ1) is 10.00. The fraction of sp³-hybridized carbons (Fsp3) is 1.00. The van der Waals surface area contributed by atoms with Crippen LogP contribution in [0.15, 0.2) is 0 Å². The second-order valence-corrected chi connectivity index (χ2v) is 8.80. The molecule has 1 saturated heterocycles. The lowest BCUT2D eigenvalue weighted by molar-refractivity contribution is 0.0204. The minimum atomic E-state index is 0.403. The van der Waals surface area contributed by atoms with E-state index in [9.17, 15) is 0 Å². The lowest BCUT2D eigenvalue weighted by atomic mass is 9.61. The second kappa shape index (κ2) is 6.20. The molecule has 0 radical (unpaired) electrons. The Morgan fingerprint density at radius 2 is 1.71 bits per heavy atom. The van der Waals surface area contributed by atoms with Gasteiger partial charge >= 0.3 is 0 Å². The second-order valence-electron chi connectivity index (χ2n) is 8.80. The van der Waals surface area contributed by atoms with Crippen molar-refractivity contribution in [3.8, 4) is 0 Å². The van der Waals surface area contributed by atoms with Gasteiger partial charge in [-0.15, -0.1) is 0 Å². The zero-order valence-electron chi connectivity index (χ0n) is 14.5. The smallest absolute Gasteiger partial charge is 0.0124 e. The van der Waals surface area contributed by atoms with Gasteiger partial charge in [0, 0.05) is 18.6 Å². The summed E-state index contributed by atoms with van der Waals surface area (Å²) in [4.78, 5) is 2.88. The third kappa shape index (κ3) is 3.03. The summed E-state index contributed by atoms with van der Waals surface area (Å²) in [6.45, 7) is 10.0. The summed E-state index contributed by atoms with van der Waals surface area (Å²) in [6.07, 6.45) is 11.4. The lowest BCUT2D eigenvalue weighted by Crippen LogP contribution is -2.51. The molecule has 0 aromatic carbocycles. The maximum absolute atomic E-state index is 6.34. The van der Waals surface area contributed by atoms with E-state index in [1.54, 1.807) is 0 Å². The van der Waals surface area contributed by atoms with Crippen LogP contribution in [0.2, 0.25) is 0 Å². The molecule has 0 amide bonds. The van der Waals surface area contributed by atoms with Gasteiger partial charge in [0.15, 0.2) is 0 Å². The van der Waals surface area contributed by atoms with Gasteiger partial charge in [0.2, 0.25) is 0 Å². The summed E-state index contributed by atoms with van der Waals surface area (Å²) >= 11 is 0. The molecule has 0 aromatic rings. The van der Waals surface area contributed by atoms with Gasteiger partial charge in [0.25, 0.3) is 0 Å². The van der Waals surface area contributed by atoms with Crippen LogP contribution in [0, 0.1) is 23.2 Å². The van der Waals surface area contributed by atoms with Gasteiger partial charge in [-0.25, -0.2) is 0 Å². The Morgan fingerprint density at radius 3 is 2.43 bits per heavy atom. The summed E-state index contributed by atoms with van der Waals surface area (Å²) in [5, 5.41) is 0. The molecule has 3 rings (SSSR count). The third-order valence-electron chi connectivity index (χ3n) is 7.53. The Morgan fingerprint density at radius 1 is 1.00 bits per heavy atom. The summed E-state index contributed by atoms with van der Waals surface area (Å²) in [6, 6.07) is 1.33. The largest absolute Gasteiger partial charge is 0.327 e. The van der Waals surface area contributed by atoms with Crippen LogP contribution in [-0.4, -0.2) is 30.1 Å². The van der Waals surface area contributed by atoms with Gasteiger partial charge in [-0.3, -0.25) is 4.90 Å². The summed E-state index contributed by atoms with van der Waals surface area (Å²) in [5.41, 5.74) is 6.74. The van der Waals surface area contributed by atoms with E-state index in [1.165, 1.54) is 64.5 Å². The molecule has 4 unspecified atom stereocenters. The van der Waals surface area contributed by atoms with E-state index < -0.39 is 0 Å². The summed E-state index contributed by atoms with van der Waals surface area (Å²) < 4.78 is 0. The van der Waals surface area contributed by atoms with Gasteiger partial charge < -0.3 is 5.73 Å². The van der Waals surface area contributed by atoms with Crippen molar-refractivity contribution in [3.63, 3.8) is 0 Å². The van der Waals surface area contributed by atoms with E-state index in [0.29, 0.717) is 17.4 Å². The van der Waals surface area contributed by atoms with E-state index in [2.05, 4.69) is 25.7 Å². The molecule has 1 aliphatic heterocycles. The van der Waals surface area contributed by atoms with Crippen molar-refractivity contribution in [3.05, 3.63) is 0 Å². The summed E-state index contributed by atoms with van der Waals surface area (Å²) in [5.74, 6) is 2.51. The highest BCUT2D eigenvalue weighted by Gasteiger charge is 2.43. The van der Waals surface area contributed by atoms with E-state index in [1.807, 2.05) is 0 Å². The number of nitrogens with two attached hydrogens (primary N) is 1. The van der Waals surface area contributed by atoms with Crippen molar-refractivity contribution in [2.45, 2.75) is 84.2 Å². The van der Waals surface area contributed by atoms with Gasteiger partial charge in [0.1, 0.15) is 0 Å². The van der Waals surface area contributed by atoms with Crippen molar-refractivity contribution >= 4 is 0 Å². The Balaban J connectivity index is 1.64. The average molecular weight is 293 g/mol. The first kappa shape index (κ1) is 15.8. The van der Waals surface area contributed by atoms with Crippen LogP contribution in [0.3, 0.4) is 0 Å². The normalized spacial score (nSPS) is 41.7. The van der Waals surface area contributed by atoms with Crippen LogP contribution in [0.25, 0.3) is 0 Å². The van der Waals surface area contributed by atoms with Crippen LogP contribution in [-0.2, 0) is 0 Å². The standard InChI is InChI=1S/C19H36N2/c1-14-17(20)11-10-16(19(14,2)3)13-21-12-6-9-18(21)15-7-4-5-8-15/h14-18H,4-13,20H2,1-3H3. The molecule has 2 saturated carbocycles. The Kier molecular flexibility index (Phi) is 4.66. The van der Waals surface area contributed by atoms with Crippen LogP contribution >= 0.6 is 0 Å². The molecule has 3 aliphatic rings. The highest BCUT2D eigenvalue weighted by Crippen LogP contribution is 2.46. The first-order valence-corrected chi connectivity index (χ1v) is 9.49. The molecular weight excluding hydrogens is 256 g/mol. The number of hydrogen-bond donors (Lipinski definition) is 1. The van der Waals surface area contributed by atoms with Crippen LogP contribution in [0.4, 0.5) is 0 Å². The Bertz CT molecular complexity index is 345. The van der Waals surface area contributed by atoms with Gasteiger partial charge in [-0.05, 0) is 68.2 Å². The van der Waals surface area contributed by atoms with Crippen molar-refractivity contribution in [1.29, 1.82) is 0 Å². The molecule has 2 nitrogen and oxygen atoms in total. The van der Waals surface area contributed by atoms with E-state index in [4.69, 9.17) is 5.73 Å². The maximum Gasteiger partial charge on any atom is 0.0124 e. The molecule has 0 aromatic heterocycles. The highest BCUT2D eigenvalue weighted by atomic mass is 15.2. The predicted octanol–water partition coefficient (Wildman–Crippen LogP) is 4.04. The van der Waals surface area contributed by atoms with Gasteiger partial charge in [-0.2, -0.15) is 0 Å². The van der Waals surface area contributed by atoms with E-state index in [-0.39, 0.29) is 0 Å².